The summed E-state index contributed by atoms with van der Waals surface area (Å²) in [5.41, 5.74) is 5.82. The van der Waals surface area contributed by atoms with Gasteiger partial charge in [-0.3, -0.25) is 4.79 Å². The molecule has 0 aromatic carbocycles. The summed E-state index contributed by atoms with van der Waals surface area (Å²) < 4.78 is 0. The minimum Gasteiger partial charge on any atom is -0.349 e. The minimum atomic E-state index is -0.223. The minimum absolute atomic E-state index is 0.0723. The second-order valence-corrected chi connectivity index (χ2v) is 5.68. The van der Waals surface area contributed by atoms with Crippen LogP contribution in [0.1, 0.15) is 43.5 Å². The van der Waals surface area contributed by atoms with Crippen molar-refractivity contribution in [1.82, 2.24) is 5.32 Å². The van der Waals surface area contributed by atoms with E-state index in [1.807, 2.05) is 24.4 Å². The van der Waals surface area contributed by atoms with Gasteiger partial charge in [-0.1, -0.05) is 6.07 Å². The van der Waals surface area contributed by atoms with Crippen molar-refractivity contribution in [3.05, 3.63) is 22.4 Å². The van der Waals surface area contributed by atoms with Crippen LogP contribution in [0.3, 0.4) is 0 Å². The number of hydrogen-bond acceptors (Lipinski definition) is 3. The quantitative estimate of drug-likeness (QED) is 0.845. The SMILES string of the molecule is CC(NC(=O)CC1(N)CCC1)c1cccs1. The van der Waals surface area contributed by atoms with Crippen LogP contribution in [0.5, 0.6) is 0 Å². The Morgan fingerprint density at radius 2 is 2.44 bits per heavy atom. The van der Waals surface area contributed by atoms with E-state index in [-0.39, 0.29) is 17.5 Å². The average Bonchev–Trinajstić information content (AvgIpc) is 2.67. The summed E-state index contributed by atoms with van der Waals surface area (Å²) in [6, 6.07) is 4.13. The van der Waals surface area contributed by atoms with Crippen LogP contribution in [-0.4, -0.2) is 11.4 Å². The van der Waals surface area contributed by atoms with Gasteiger partial charge in [0.25, 0.3) is 0 Å². The van der Waals surface area contributed by atoms with Crippen molar-refractivity contribution in [2.45, 2.75) is 44.2 Å². The van der Waals surface area contributed by atoms with Gasteiger partial charge in [0.05, 0.1) is 6.04 Å². The lowest BCUT2D eigenvalue weighted by molar-refractivity contribution is -0.123. The molecule has 2 rings (SSSR count). The topological polar surface area (TPSA) is 55.1 Å². The number of rotatable bonds is 4. The first kappa shape index (κ1) is 11.6. The van der Waals surface area contributed by atoms with Crippen LogP contribution in [0.25, 0.3) is 0 Å². The fraction of sp³-hybridized carbons (Fsp3) is 0.583. The molecule has 1 heterocycles. The molecule has 1 atom stereocenters. The summed E-state index contributed by atoms with van der Waals surface area (Å²) in [7, 11) is 0. The first-order valence-electron chi connectivity index (χ1n) is 5.71. The van der Waals surface area contributed by atoms with Gasteiger partial charge in [-0.25, -0.2) is 0 Å². The van der Waals surface area contributed by atoms with Crippen LogP contribution in [0, 0.1) is 0 Å². The standard InChI is InChI=1S/C12H18N2OS/c1-9(10-4-2-7-16-10)14-11(15)8-12(13)5-3-6-12/h2,4,7,9H,3,5-6,8,13H2,1H3,(H,14,15). The molecule has 1 aliphatic carbocycles. The third-order valence-electron chi connectivity index (χ3n) is 3.21. The summed E-state index contributed by atoms with van der Waals surface area (Å²) in [4.78, 5) is 13.0. The van der Waals surface area contributed by atoms with Crippen LogP contribution in [0.15, 0.2) is 17.5 Å². The number of amides is 1. The molecule has 1 aromatic rings. The number of carbonyl (C=O) groups excluding carboxylic acids is 1. The maximum absolute atomic E-state index is 11.8. The summed E-state index contributed by atoms with van der Waals surface area (Å²) in [6.07, 6.45) is 3.58. The Bertz CT molecular complexity index is 357. The predicted molar refractivity (Wildman–Crippen MR) is 66.3 cm³/mol. The average molecular weight is 238 g/mol. The normalized spacial score (nSPS) is 19.9. The van der Waals surface area contributed by atoms with Crippen molar-refractivity contribution in [2.24, 2.45) is 5.73 Å². The Labute approximate surface area is 100 Å². The van der Waals surface area contributed by atoms with Crippen LogP contribution < -0.4 is 11.1 Å². The lowest BCUT2D eigenvalue weighted by Crippen LogP contribution is -2.50. The molecule has 16 heavy (non-hydrogen) atoms. The van der Waals surface area contributed by atoms with E-state index in [1.165, 1.54) is 4.88 Å². The van der Waals surface area contributed by atoms with E-state index in [0.29, 0.717) is 6.42 Å². The second kappa shape index (κ2) is 4.55. The summed E-state index contributed by atoms with van der Waals surface area (Å²) >= 11 is 1.66. The van der Waals surface area contributed by atoms with Crippen molar-refractivity contribution in [1.29, 1.82) is 0 Å². The van der Waals surface area contributed by atoms with Crippen molar-refractivity contribution < 1.29 is 4.79 Å². The number of nitrogens with two attached hydrogens (primary N) is 1. The largest absolute Gasteiger partial charge is 0.349 e. The van der Waals surface area contributed by atoms with E-state index in [2.05, 4.69) is 5.32 Å². The molecule has 1 unspecified atom stereocenters. The van der Waals surface area contributed by atoms with Gasteiger partial charge in [-0.15, -0.1) is 11.3 Å². The Morgan fingerprint density at radius 3 is 2.94 bits per heavy atom. The molecule has 0 saturated heterocycles. The van der Waals surface area contributed by atoms with Crippen molar-refractivity contribution >= 4 is 17.2 Å². The lowest BCUT2D eigenvalue weighted by Gasteiger charge is -2.37. The zero-order valence-electron chi connectivity index (χ0n) is 9.53. The molecule has 1 amide bonds. The molecule has 4 heteroatoms. The number of nitrogens with one attached hydrogen (secondary N) is 1. The van der Waals surface area contributed by atoms with Gasteiger partial charge in [0.2, 0.25) is 5.91 Å². The highest BCUT2D eigenvalue weighted by Crippen LogP contribution is 2.32. The highest BCUT2D eigenvalue weighted by atomic mass is 32.1. The Kier molecular flexibility index (Phi) is 3.30. The molecular formula is C12H18N2OS. The molecule has 3 N–H and O–H groups in total. The smallest absolute Gasteiger partial charge is 0.222 e. The van der Waals surface area contributed by atoms with Crippen LogP contribution in [0.2, 0.25) is 0 Å². The lowest BCUT2D eigenvalue weighted by atomic mass is 9.75. The van der Waals surface area contributed by atoms with Gasteiger partial charge in [-0.2, -0.15) is 0 Å². The van der Waals surface area contributed by atoms with Gasteiger partial charge >= 0.3 is 0 Å². The number of thiophene rings is 1. The maximum Gasteiger partial charge on any atom is 0.222 e. The molecule has 3 nitrogen and oxygen atoms in total. The van der Waals surface area contributed by atoms with Crippen molar-refractivity contribution in [2.75, 3.05) is 0 Å². The van der Waals surface area contributed by atoms with Gasteiger partial charge < -0.3 is 11.1 Å². The molecule has 1 aliphatic rings. The predicted octanol–water partition coefficient (Wildman–Crippen LogP) is 2.20. The van der Waals surface area contributed by atoms with Gasteiger partial charge in [-0.05, 0) is 37.6 Å². The molecule has 1 saturated carbocycles. The zero-order chi connectivity index (χ0) is 11.6. The van der Waals surface area contributed by atoms with E-state index in [4.69, 9.17) is 5.73 Å². The van der Waals surface area contributed by atoms with Crippen molar-refractivity contribution in [3.63, 3.8) is 0 Å². The maximum atomic E-state index is 11.8. The van der Waals surface area contributed by atoms with Crippen LogP contribution >= 0.6 is 11.3 Å². The molecule has 0 radical (unpaired) electrons. The van der Waals surface area contributed by atoms with Gasteiger partial charge in [0.1, 0.15) is 0 Å². The Hall–Kier alpha value is -0.870. The third kappa shape index (κ3) is 2.62. The summed E-state index contributed by atoms with van der Waals surface area (Å²) in [5.74, 6) is 0.0723. The van der Waals surface area contributed by atoms with Crippen LogP contribution in [-0.2, 0) is 4.79 Å². The first-order valence-corrected chi connectivity index (χ1v) is 6.59. The fourth-order valence-electron chi connectivity index (χ4n) is 2.03. The molecule has 88 valence electrons. The highest BCUT2D eigenvalue weighted by molar-refractivity contribution is 7.10. The molecule has 0 aliphatic heterocycles. The molecule has 0 spiro atoms. The van der Waals surface area contributed by atoms with E-state index >= 15 is 0 Å². The third-order valence-corrected chi connectivity index (χ3v) is 4.26. The summed E-state index contributed by atoms with van der Waals surface area (Å²) in [6.45, 7) is 2.01. The van der Waals surface area contributed by atoms with Crippen LogP contribution in [0.4, 0.5) is 0 Å². The second-order valence-electron chi connectivity index (χ2n) is 4.70. The van der Waals surface area contributed by atoms with Gasteiger partial charge in [0.15, 0.2) is 0 Å². The van der Waals surface area contributed by atoms with Crippen molar-refractivity contribution in [3.8, 4) is 0 Å². The van der Waals surface area contributed by atoms with E-state index in [1.54, 1.807) is 11.3 Å². The zero-order valence-corrected chi connectivity index (χ0v) is 10.3. The number of hydrogen-bond donors (Lipinski definition) is 2. The molecule has 1 aromatic heterocycles. The number of carbonyl (C=O) groups is 1. The van der Waals surface area contributed by atoms with Gasteiger partial charge in [0, 0.05) is 16.8 Å². The first-order chi connectivity index (χ1) is 7.59. The molecule has 0 bridgehead atoms. The molecule has 1 fully saturated rings. The van der Waals surface area contributed by atoms with E-state index in [0.717, 1.165) is 19.3 Å². The van der Waals surface area contributed by atoms with E-state index in [9.17, 15) is 4.79 Å². The van der Waals surface area contributed by atoms with E-state index < -0.39 is 0 Å². The summed E-state index contributed by atoms with van der Waals surface area (Å²) in [5, 5.41) is 5.02. The monoisotopic (exact) mass is 238 g/mol. The molecular weight excluding hydrogens is 220 g/mol. The highest BCUT2D eigenvalue weighted by Gasteiger charge is 2.34. The Morgan fingerprint density at radius 1 is 1.69 bits per heavy atom. The fourth-order valence-corrected chi connectivity index (χ4v) is 2.76. The Balaban J connectivity index is 1.83.